The summed E-state index contributed by atoms with van der Waals surface area (Å²) in [5.74, 6) is 0.727. The third kappa shape index (κ3) is 2.90. The monoisotopic (exact) mass is 380 g/mol. The van der Waals surface area contributed by atoms with Gasteiger partial charge in [-0.1, -0.05) is 12.1 Å². The predicted molar refractivity (Wildman–Crippen MR) is 105 cm³/mol. The van der Waals surface area contributed by atoms with Crippen LogP contribution < -0.4 is 11.1 Å². The molecule has 1 fully saturated rings. The van der Waals surface area contributed by atoms with Gasteiger partial charge in [0.25, 0.3) is 6.43 Å². The van der Waals surface area contributed by atoms with Gasteiger partial charge in [0.15, 0.2) is 0 Å². The summed E-state index contributed by atoms with van der Waals surface area (Å²) in [6.45, 7) is 0. The average Bonchev–Trinajstić information content (AvgIpc) is 3.45. The summed E-state index contributed by atoms with van der Waals surface area (Å²) in [5, 5.41) is 4.75. The summed E-state index contributed by atoms with van der Waals surface area (Å²) in [6, 6.07) is 6.88. The van der Waals surface area contributed by atoms with E-state index in [4.69, 9.17) is 5.73 Å². The second-order valence-electron chi connectivity index (χ2n) is 7.14. The third-order valence-electron chi connectivity index (χ3n) is 5.22. The molecule has 8 heteroatoms. The standard InChI is InChI=1S/C20H18F2N6/c21-18(22)17(10-1-2-10)28-19-16-13-4-3-11(12-8-25-20(23)26-9-12)7-15(13)27-14(16)5-6-24-19/h3-10,17-18,27H,1-2H2,(H,24,28)(H2,23,25,26). The fourth-order valence-electron chi connectivity index (χ4n) is 3.63. The van der Waals surface area contributed by atoms with E-state index in [-0.39, 0.29) is 11.9 Å². The Hall–Kier alpha value is -3.29. The lowest BCUT2D eigenvalue weighted by molar-refractivity contribution is 0.115. The Morgan fingerprint density at radius 2 is 1.82 bits per heavy atom. The fraction of sp³-hybridized carbons (Fsp3) is 0.250. The number of hydrogen-bond donors (Lipinski definition) is 3. The van der Waals surface area contributed by atoms with Crippen LogP contribution in [-0.2, 0) is 0 Å². The van der Waals surface area contributed by atoms with Gasteiger partial charge in [-0.05, 0) is 36.5 Å². The molecular formula is C20H18F2N6. The number of benzene rings is 1. The van der Waals surface area contributed by atoms with Crippen molar-refractivity contribution in [1.29, 1.82) is 0 Å². The van der Waals surface area contributed by atoms with Crippen LogP contribution in [0.15, 0.2) is 42.9 Å². The molecule has 28 heavy (non-hydrogen) atoms. The van der Waals surface area contributed by atoms with E-state index in [1.165, 1.54) is 0 Å². The molecule has 1 unspecified atom stereocenters. The van der Waals surface area contributed by atoms with E-state index in [9.17, 15) is 8.78 Å². The Morgan fingerprint density at radius 1 is 1.04 bits per heavy atom. The minimum atomic E-state index is -2.42. The largest absolute Gasteiger partial charge is 0.368 e. The number of pyridine rings is 1. The van der Waals surface area contributed by atoms with Gasteiger partial charge in [0.05, 0.1) is 11.6 Å². The number of H-pyrrole nitrogens is 1. The van der Waals surface area contributed by atoms with Gasteiger partial charge in [-0.2, -0.15) is 0 Å². The van der Waals surface area contributed by atoms with Crippen molar-refractivity contribution in [1.82, 2.24) is 19.9 Å². The number of rotatable bonds is 5. The molecule has 142 valence electrons. The first-order valence-corrected chi connectivity index (χ1v) is 9.13. The van der Waals surface area contributed by atoms with Crippen LogP contribution in [0.2, 0.25) is 0 Å². The van der Waals surface area contributed by atoms with E-state index in [1.807, 2.05) is 24.3 Å². The maximum atomic E-state index is 13.5. The van der Waals surface area contributed by atoms with Crippen molar-refractivity contribution in [2.24, 2.45) is 5.92 Å². The Bertz CT molecular complexity index is 1150. The van der Waals surface area contributed by atoms with E-state index in [0.717, 1.165) is 45.8 Å². The summed E-state index contributed by atoms with van der Waals surface area (Å²) in [4.78, 5) is 15.8. The number of nitrogen functional groups attached to an aromatic ring is 1. The molecule has 5 rings (SSSR count). The average molecular weight is 380 g/mol. The molecule has 0 spiro atoms. The Labute approximate surface area is 159 Å². The van der Waals surface area contributed by atoms with E-state index in [2.05, 4.69) is 25.3 Å². The number of hydrogen-bond acceptors (Lipinski definition) is 5. The van der Waals surface area contributed by atoms with Crippen LogP contribution in [0.5, 0.6) is 0 Å². The minimum absolute atomic E-state index is 0.0133. The van der Waals surface area contributed by atoms with Crippen molar-refractivity contribution in [3.8, 4) is 11.1 Å². The molecule has 1 atom stereocenters. The highest BCUT2D eigenvalue weighted by Crippen LogP contribution is 2.39. The number of nitrogens with two attached hydrogens (primary N) is 1. The molecule has 0 saturated heterocycles. The van der Waals surface area contributed by atoms with Gasteiger partial charge in [-0.15, -0.1) is 0 Å². The van der Waals surface area contributed by atoms with Gasteiger partial charge in [0.1, 0.15) is 5.82 Å². The topological polar surface area (TPSA) is 92.5 Å². The smallest absolute Gasteiger partial charge is 0.258 e. The fourth-order valence-corrected chi connectivity index (χ4v) is 3.63. The normalized spacial score (nSPS) is 15.4. The highest BCUT2D eigenvalue weighted by Gasteiger charge is 2.37. The van der Waals surface area contributed by atoms with Gasteiger partial charge in [0.2, 0.25) is 5.95 Å². The van der Waals surface area contributed by atoms with E-state index >= 15 is 0 Å². The van der Waals surface area contributed by atoms with Crippen LogP contribution in [-0.4, -0.2) is 32.4 Å². The second-order valence-corrected chi connectivity index (χ2v) is 7.14. The Morgan fingerprint density at radius 3 is 2.54 bits per heavy atom. The number of aromatic amines is 1. The Kier molecular flexibility index (Phi) is 3.85. The molecule has 6 nitrogen and oxygen atoms in total. The lowest BCUT2D eigenvalue weighted by Crippen LogP contribution is -2.30. The molecule has 0 amide bonds. The zero-order valence-electron chi connectivity index (χ0n) is 14.9. The molecular weight excluding hydrogens is 362 g/mol. The molecule has 1 aliphatic rings. The zero-order chi connectivity index (χ0) is 19.3. The number of nitrogens with zero attached hydrogens (tertiary/aromatic N) is 3. The number of halogens is 2. The summed E-state index contributed by atoms with van der Waals surface area (Å²) >= 11 is 0. The molecule has 0 radical (unpaired) electrons. The van der Waals surface area contributed by atoms with Crippen molar-refractivity contribution >= 4 is 33.6 Å². The molecule has 4 N–H and O–H groups in total. The van der Waals surface area contributed by atoms with Gasteiger partial charge in [-0.3, -0.25) is 0 Å². The molecule has 1 aromatic carbocycles. The van der Waals surface area contributed by atoms with E-state index < -0.39 is 12.5 Å². The molecule has 4 aromatic rings. The molecule has 1 aliphatic carbocycles. The number of fused-ring (bicyclic) bond motifs is 3. The summed E-state index contributed by atoms with van der Waals surface area (Å²) in [6.07, 6.45) is 4.21. The van der Waals surface area contributed by atoms with Crippen molar-refractivity contribution in [3.05, 3.63) is 42.9 Å². The molecule has 3 heterocycles. The first-order valence-electron chi connectivity index (χ1n) is 9.13. The third-order valence-corrected chi connectivity index (χ3v) is 5.22. The SMILES string of the molecule is Nc1ncc(-c2ccc3c(c2)[nH]c2ccnc(NC(C(F)F)C4CC4)c23)cn1. The Balaban J connectivity index is 1.59. The highest BCUT2D eigenvalue weighted by atomic mass is 19.3. The quantitative estimate of drug-likeness (QED) is 0.482. The van der Waals surface area contributed by atoms with Gasteiger partial charge >= 0.3 is 0 Å². The van der Waals surface area contributed by atoms with Crippen LogP contribution in [0.4, 0.5) is 20.5 Å². The number of alkyl halides is 2. The van der Waals surface area contributed by atoms with Crippen molar-refractivity contribution in [2.45, 2.75) is 25.3 Å². The molecule has 1 saturated carbocycles. The van der Waals surface area contributed by atoms with E-state index in [1.54, 1.807) is 18.6 Å². The predicted octanol–water partition coefficient (Wildman–Crippen LogP) is 4.21. The lowest BCUT2D eigenvalue weighted by Gasteiger charge is -2.18. The summed E-state index contributed by atoms with van der Waals surface area (Å²) in [5.41, 5.74) is 9.07. The maximum Gasteiger partial charge on any atom is 0.258 e. The highest BCUT2D eigenvalue weighted by molar-refractivity contribution is 6.13. The van der Waals surface area contributed by atoms with Crippen molar-refractivity contribution in [3.63, 3.8) is 0 Å². The van der Waals surface area contributed by atoms with Crippen molar-refractivity contribution in [2.75, 3.05) is 11.1 Å². The maximum absolute atomic E-state index is 13.5. The summed E-state index contributed by atoms with van der Waals surface area (Å²) < 4.78 is 26.9. The van der Waals surface area contributed by atoms with Crippen LogP contribution in [0, 0.1) is 5.92 Å². The van der Waals surface area contributed by atoms with E-state index in [0.29, 0.717) is 5.82 Å². The van der Waals surface area contributed by atoms with Gasteiger partial charge < -0.3 is 16.0 Å². The lowest BCUT2D eigenvalue weighted by atomic mass is 10.1. The first kappa shape index (κ1) is 16.9. The van der Waals surface area contributed by atoms with Gasteiger partial charge in [0, 0.05) is 40.4 Å². The van der Waals surface area contributed by atoms with Crippen LogP contribution in [0.25, 0.3) is 32.9 Å². The number of aromatic nitrogens is 4. The van der Waals surface area contributed by atoms with Crippen LogP contribution in [0.1, 0.15) is 12.8 Å². The number of anilines is 2. The van der Waals surface area contributed by atoms with Crippen LogP contribution >= 0.6 is 0 Å². The zero-order valence-corrected chi connectivity index (χ0v) is 14.9. The molecule has 0 aliphatic heterocycles. The first-order chi connectivity index (χ1) is 13.6. The number of nitrogens with one attached hydrogen (secondary N) is 2. The summed E-state index contributed by atoms with van der Waals surface area (Å²) in [7, 11) is 0. The minimum Gasteiger partial charge on any atom is -0.368 e. The van der Waals surface area contributed by atoms with Crippen LogP contribution in [0.3, 0.4) is 0 Å². The van der Waals surface area contributed by atoms with Crippen molar-refractivity contribution < 1.29 is 8.78 Å². The molecule has 0 bridgehead atoms. The molecule has 3 aromatic heterocycles. The second kappa shape index (κ2) is 6.40. The van der Waals surface area contributed by atoms with Gasteiger partial charge in [-0.25, -0.2) is 23.7 Å².